The Morgan fingerprint density at radius 2 is 2.07 bits per heavy atom. The van der Waals surface area contributed by atoms with Gasteiger partial charge in [0.2, 0.25) is 0 Å². The van der Waals surface area contributed by atoms with Gasteiger partial charge in [0.05, 0.1) is 17.2 Å². The molecule has 0 saturated heterocycles. The predicted molar refractivity (Wildman–Crippen MR) is 107 cm³/mol. The molecule has 28 heavy (non-hydrogen) atoms. The molecule has 146 valence electrons. The van der Waals surface area contributed by atoms with Crippen LogP contribution in [-0.2, 0) is 17.8 Å². The first-order valence-electron chi connectivity index (χ1n) is 9.03. The molecule has 1 aromatic heterocycles. The number of benzene rings is 1. The number of rotatable bonds is 6. The van der Waals surface area contributed by atoms with E-state index >= 15 is 0 Å². The van der Waals surface area contributed by atoms with Gasteiger partial charge in [-0.3, -0.25) is 10.1 Å². The van der Waals surface area contributed by atoms with Gasteiger partial charge in [0, 0.05) is 35.4 Å². The summed E-state index contributed by atoms with van der Waals surface area (Å²) in [4.78, 5) is 15.6. The van der Waals surface area contributed by atoms with Gasteiger partial charge in [-0.15, -0.1) is 6.42 Å². The van der Waals surface area contributed by atoms with E-state index in [0.29, 0.717) is 6.54 Å². The van der Waals surface area contributed by atoms with Crippen molar-refractivity contribution < 1.29 is 14.2 Å². The van der Waals surface area contributed by atoms with Gasteiger partial charge in [-0.2, -0.15) is 0 Å². The van der Waals surface area contributed by atoms with Crippen LogP contribution in [0.1, 0.15) is 42.9 Å². The third-order valence-corrected chi connectivity index (χ3v) is 4.75. The molecule has 2 aromatic rings. The Morgan fingerprint density at radius 3 is 2.71 bits per heavy atom. The molecule has 0 amide bonds. The number of furan rings is 1. The summed E-state index contributed by atoms with van der Waals surface area (Å²) in [7, 11) is 0. The Balaban J connectivity index is 1.82. The van der Waals surface area contributed by atoms with Crippen molar-refractivity contribution in [3.8, 4) is 12.3 Å². The molecule has 1 aliphatic rings. The summed E-state index contributed by atoms with van der Waals surface area (Å²) in [5.74, 6) is 4.13. The van der Waals surface area contributed by atoms with Crippen LogP contribution in [0.5, 0.6) is 0 Å². The van der Waals surface area contributed by atoms with Crippen molar-refractivity contribution in [1.82, 2.24) is 0 Å². The van der Waals surface area contributed by atoms with Crippen LogP contribution in [0.15, 0.2) is 33.8 Å². The van der Waals surface area contributed by atoms with E-state index in [0.717, 1.165) is 46.9 Å². The number of hydrogen-bond acceptors (Lipinski definition) is 6. The lowest BCUT2D eigenvalue weighted by Gasteiger charge is -2.29. The number of fused-ring (bicyclic) bond motifs is 1. The highest BCUT2D eigenvalue weighted by atomic mass is 16.6. The van der Waals surface area contributed by atoms with Crippen LogP contribution in [0.2, 0.25) is 0 Å². The maximum atomic E-state index is 10.8. The summed E-state index contributed by atoms with van der Waals surface area (Å²) >= 11 is 0. The van der Waals surface area contributed by atoms with E-state index in [1.807, 2.05) is 6.92 Å². The summed E-state index contributed by atoms with van der Waals surface area (Å²) in [6, 6.07) is 6.30. The normalized spacial score (nSPS) is 16.3. The fourth-order valence-electron chi connectivity index (χ4n) is 3.44. The number of anilines is 1. The van der Waals surface area contributed by atoms with E-state index in [1.54, 1.807) is 12.1 Å². The molecular formula is C21H23N3O4. The first kappa shape index (κ1) is 19.5. The van der Waals surface area contributed by atoms with Crippen molar-refractivity contribution >= 4 is 17.1 Å². The summed E-state index contributed by atoms with van der Waals surface area (Å²) in [6.07, 6.45) is 6.83. The number of terminal acetylenes is 1. The number of hydrogen-bond donors (Lipinski definition) is 1. The molecular weight excluding hydrogens is 358 g/mol. The topological polar surface area (TPSA) is 89.9 Å². The van der Waals surface area contributed by atoms with Crippen molar-refractivity contribution in [3.63, 3.8) is 0 Å². The number of non-ortho nitro benzene ring substituents is 1. The maximum Gasteiger partial charge on any atom is 0.269 e. The third kappa shape index (κ3) is 4.17. The molecule has 7 heteroatoms. The van der Waals surface area contributed by atoms with Gasteiger partial charge in [0.25, 0.3) is 5.69 Å². The molecule has 1 aliphatic carbocycles. The lowest BCUT2D eigenvalue weighted by molar-refractivity contribution is -0.384. The van der Waals surface area contributed by atoms with E-state index in [2.05, 4.69) is 30.2 Å². The first-order valence-corrected chi connectivity index (χ1v) is 9.03. The smallest absolute Gasteiger partial charge is 0.269 e. The Bertz CT molecular complexity index is 949. The lowest BCUT2D eigenvalue weighted by Crippen LogP contribution is -2.27. The summed E-state index contributed by atoms with van der Waals surface area (Å²) in [5, 5.41) is 18.3. The molecule has 7 nitrogen and oxygen atoms in total. The Hall–Kier alpha value is -3.27. The van der Waals surface area contributed by atoms with E-state index < -0.39 is 4.92 Å². The molecule has 0 fully saturated rings. The molecule has 1 heterocycles. The van der Waals surface area contributed by atoms with Crippen LogP contribution in [0.25, 0.3) is 0 Å². The highest BCUT2D eigenvalue weighted by Gasteiger charge is 2.35. The standard InChI is InChI=1S/C21H23N3O4/c1-5-10-27-23-17-11-21(3,4)12-18-20(17)14(2)19(28-18)13-22-15-6-8-16(9-7-15)24(25)26/h1,6-9,22H,10-13H2,2-4H3/b23-17+. The van der Waals surface area contributed by atoms with Crippen LogP contribution in [-0.4, -0.2) is 17.2 Å². The summed E-state index contributed by atoms with van der Waals surface area (Å²) < 4.78 is 6.15. The number of nitrogens with one attached hydrogen (secondary N) is 1. The van der Waals surface area contributed by atoms with Crippen LogP contribution >= 0.6 is 0 Å². The zero-order valence-corrected chi connectivity index (χ0v) is 16.2. The predicted octanol–water partition coefficient (Wildman–Crippen LogP) is 4.43. The fraction of sp³-hybridized carbons (Fsp3) is 0.381. The average Bonchev–Trinajstić information content (AvgIpc) is 2.94. The van der Waals surface area contributed by atoms with E-state index in [9.17, 15) is 10.1 Å². The number of nitro groups is 1. The molecule has 0 saturated carbocycles. The largest absolute Gasteiger partial charge is 0.463 e. The minimum atomic E-state index is -0.417. The van der Waals surface area contributed by atoms with Crippen molar-refractivity contribution in [3.05, 3.63) is 57.0 Å². The molecule has 0 spiro atoms. The van der Waals surface area contributed by atoms with Gasteiger partial charge in [-0.1, -0.05) is 24.9 Å². The second-order valence-corrected chi connectivity index (χ2v) is 7.64. The van der Waals surface area contributed by atoms with Crippen LogP contribution in [0, 0.1) is 34.8 Å². The monoisotopic (exact) mass is 381 g/mol. The second kappa shape index (κ2) is 7.77. The highest BCUT2D eigenvalue weighted by molar-refractivity contribution is 6.04. The van der Waals surface area contributed by atoms with Gasteiger partial charge < -0.3 is 14.6 Å². The van der Waals surface area contributed by atoms with Crippen LogP contribution in [0.4, 0.5) is 11.4 Å². The SMILES string of the molecule is C#CCO/N=C1\CC(C)(C)Cc2oc(CNc3ccc([N+](=O)[O-])cc3)c(C)c21. The number of nitro benzene ring substituents is 1. The number of oxime groups is 1. The van der Waals surface area contributed by atoms with Gasteiger partial charge in [0.15, 0.2) is 6.61 Å². The van der Waals surface area contributed by atoms with E-state index in [-0.39, 0.29) is 17.7 Å². The van der Waals surface area contributed by atoms with E-state index in [4.69, 9.17) is 15.7 Å². The van der Waals surface area contributed by atoms with Gasteiger partial charge >= 0.3 is 0 Å². The molecule has 1 N–H and O–H groups in total. The first-order chi connectivity index (χ1) is 13.3. The maximum absolute atomic E-state index is 10.8. The van der Waals surface area contributed by atoms with Gasteiger partial charge in [-0.05, 0) is 30.9 Å². The van der Waals surface area contributed by atoms with Crippen molar-refractivity contribution in [2.75, 3.05) is 11.9 Å². The minimum absolute atomic E-state index is 0.0126. The zero-order chi connectivity index (χ0) is 20.3. The van der Waals surface area contributed by atoms with Crippen molar-refractivity contribution in [1.29, 1.82) is 0 Å². The molecule has 0 radical (unpaired) electrons. The molecule has 0 aliphatic heterocycles. The number of nitrogens with zero attached hydrogens (tertiary/aromatic N) is 2. The molecule has 0 atom stereocenters. The molecule has 0 bridgehead atoms. The quantitative estimate of drug-likeness (QED) is 0.346. The third-order valence-electron chi connectivity index (χ3n) is 4.75. The summed E-state index contributed by atoms with van der Waals surface area (Å²) in [6.45, 7) is 6.93. The highest BCUT2D eigenvalue weighted by Crippen LogP contribution is 2.39. The lowest BCUT2D eigenvalue weighted by atomic mass is 9.75. The zero-order valence-electron chi connectivity index (χ0n) is 16.2. The minimum Gasteiger partial charge on any atom is -0.463 e. The average molecular weight is 381 g/mol. The molecule has 0 unspecified atom stereocenters. The fourth-order valence-corrected chi connectivity index (χ4v) is 3.44. The van der Waals surface area contributed by atoms with Crippen LogP contribution < -0.4 is 5.32 Å². The van der Waals surface area contributed by atoms with Crippen molar-refractivity contribution in [2.45, 2.75) is 40.2 Å². The molecule has 3 rings (SSSR count). The van der Waals surface area contributed by atoms with Crippen LogP contribution in [0.3, 0.4) is 0 Å². The van der Waals surface area contributed by atoms with Gasteiger partial charge in [0.1, 0.15) is 11.5 Å². The van der Waals surface area contributed by atoms with E-state index in [1.165, 1.54) is 12.1 Å². The summed E-state index contributed by atoms with van der Waals surface area (Å²) in [5.41, 5.74) is 3.72. The second-order valence-electron chi connectivity index (χ2n) is 7.64. The Morgan fingerprint density at radius 1 is 1.36 bits per heavy atom. The Labute approximate surface area is 163 Å². The molecule has 1 aromatic carbocycles. The van der Waals surface area contributed by atoms with Crippen molar-refractivity contribution in [2.24, 2.45) is 10.6 Å². The van der Waals surface area contributed by atoms with Gasteiger partial charge in [-0.25, -0.2) is 0 Å². The Kier molecular flexibility index (Phi) is 5.41.